The lowest BCUT2D eigenvalue weighted by molar-refractivity contribution is -0.129. The predicted molar refractivity (Wildman–Crippen MR) is 103 cm³/mol. The number of benzene rings is 1. The van der Waals surface area contributed by atoms with E-state index < -0.39 is 6.10 Å². The Balaban J connectivity index is 1.36. The summed E-state index contributed by atoms with van der Waals surface area (Å²) in [5.74, 6) is 0.214. The van der Waals surface area contributed by atoms with Gasteiger partial charge in [-0.1, -0.05) is 11.6 Å². The number of hydrogen-bond donors (Lipinski definition) is 4. The van der Waals surface area contributed by atoms with Crippen LogP contribution in [0.1, 0.15) is 32.1 Å². The van der Waals surface area contributed by atoms with Crippen LogP contribution in [-0.2, 0) is 9.53 Å². The lowest BCUT2D eigenvalue weighted by Gasteiger charge is -2.36. The molecule has 148 valence electrons. The van der Waals surface area contributed by atoms with Crippen LogP contribution in [0.4, 0.5) is 10.5 Å². The fraction of sp³-hybridized carbons (Fsp3) is 0.579. The summed E-state index contributed by atoms with van der Waals surface area (Å²) >= 11 is 5.81. The summed E-state index contributed by atoms with van der Waals surface area (Å²) in [5, 5.41) is 18.7. The number of hydrogen-bond acceptors (Lipinski definition) is 4. The van der Waals surface area contributed by atoms with Gasteiger partial charge in [-0.05, 0) is 56.4 Å². The molecule has 1 saturated heterocycles. The van der Waals surface area contributed by atoms with E-state index in [1.807, 2.05) is 0 Å². The van der Waals surface area contributed by atoms with Gasteiger partial charge in [0.15, 0.2) is 0 Å². The Morgan fingerprint density at radius 2 is 1.89 bits per heavy atom. The topological polar surface area (TPSA) is 99.7 Å². The Hall–Kier alpha value is -1.83. The number of carbonyl (C=O) groups excluding carboxylic acids is 2. The number of aliphatic hydroxyl groups is 1. The second kappa shape index (κ2) is 9.39. The fourth-order valence-corrected chi connectivity index (χ4v) is 3.34. The van der Waals surface area contributed by atoms with E-state index in [-0.39, 0.29) is 36.6 Å². The Morgan fingerprint density at radius 3 is 2.56 bits per heavy atom. The van der Waals surface area contributed by atoms with E-state index in [9.17, 15) is 14.7 Å². The van der Waals surface area contributed by atoms with E-state index in [4.69, 9.17) is 16.3 Å². The molecular formula is C19H26ClN3O4. The van der Waals surface area contributed by atoms with Crippen LogP contribution in [0.2, 0.25) is 5.02 Å². The molecule has 27 heavy (non-hydrogen) atoms. The molecule has 0 bridgehead atoms. The molecule has 0 aromatic heterocycles. The summed E-state index contributed by atoms with van der Waals surface area (Å²) in [5.41, 5.74) is 0.667. The van der Waals surface area contributed by atoms with Gasteiger partial charge in [0.1, 0.15) is 6.10 Å². The summed E-state index contributed by atoms with van der Waals surface area (Å²) in [4.78, 5) is 23.8. The number of carbonyl (C=O) groups is 2. The summed E-state index contributed by atoms with van der Waals surface area (Å²) < 4.78 is 5.91. The van der Waals surface area contributed by atoms with Crippen LogP contribution in [0.25, 0.3) is 0 Å². The first-order valence-corrected chi connectivity index (χ1v) is 9.80. The third kappa shape index (κ3) is 6.09. The molecule has 1 aromatic carbocycles. The van der Waals surface area contributed by atoms with Gasteiger partial charge in [-0.15, -0.1) is 0 Å². The SMILES string of the molecule is O=C(NCC[C@H]1CC[C@@H](NC(=O)C2CC2)[C@H](CO)O1)Nc1ccc(Cl)cc1. The molecule has 1 saturated carbocycles. The normalized spacial score (nSPS) is 24.9. The molecule has 3 rings (SSSR count). The summed E-state index contributed by atoms with van der Waals surface area (Å²) in [6.07, 6.45) is 3.66. The zero-order valence-corrected chi connectivity index (χ0v) is 15.9. The lowest BCUT2D eigenvalue weighted by atomic mass is 9.97. The van der Waals surface area contributed by atoms with E-state index in [2.05, 4.69) is 16.0 Å². The lowest BCUT2D eigenvalue weighted by Crippen LogP contribution is -2.51. The Bertz CT molecular complexity index is 651. The number of amides is 3. The maximum absolute atomic E-state index is 11.9. The first-order valence-electron chi connectivity index (χ1n) is 9.42. The number of nitrogens with one attached hydrogen (secondary N) is 3. The smallest absolute Gasteiger partial charge is 0.319 e. The van der Waals surface area contributed by atoms with E-state index in [1.165, 1.54) is 0 Å². The van der Waals surface area contributed by atoms with Crippen molar-refractivity contribution in [2.45, 2.75) is 50.4 Å². The van der Waals surface area contributed by atoms with E-state index in [0.717, 1.165) is 25.7 Å². The van der Waals surface area contributed by atoms with Crippen LogP contribution in [0.3, 0.4) is 0 Å². The number of rotatable bonds is 7. The molecule has 0 unspecified atom stereocenters. The van der Waals surface area contributed by atoms with Crippen molar-refractivity contribution in [1.29, 1.82) is 0 Å². The quantitative estimate of drug-likeness (QED) is 0.569. The van der Waals surface area contributed by atoms with Crippen molar-refractivity contribution < 1.29 is 19.4 Å². The third-order valence-corrected chi connectivity index (χ3v) is 5.18. The number of anilines is 1. The zero-order valence-electron chi connectivity index (χ0n) is 15.1. The minimum Gasteiger partial charge on any atom is -0.394 e. The van der Waals surface area contributed by atoms with Crippen LogP contribution in [0.15, 0.2) is 24.3 Å². The molecule has 3 atom stereocenters. The molecule has 8 heteroatoms. The minimum atomic E-state index is -0.394. The van der Waals surface area contributed by atoms with E-state index >= 15 is 0 Å². The molecule has 0 spiro atoms. The molecule has 4 N–H and O–H groups in total. The van der Waals surface area contributed by atoms with Gasteiger partial charge in [0, 0.05) is 23.2 Å². The van der Waals surface area contributed by atoms with Crippen LogP contribution < -0.4 is 16.0 Å². The highest BCUT2D eigenvalue weighted by molar-refractivity contribution is 6.30. The van der Waals surface area contributed by atoms with Gasteiger partial charge >= 0.3 is 6.03 Å². The minimum absolute atomic E-state index is 0.0490. The van der Waals surface area contributed by atoms with Gasteiger partial charge < -0.3 is 25.8 Å². The summed E-state index contributed by atoms with van der Waals surface area (Å²) in [6.45, 7) is 0.331. The van der Waals surface area contributed by atoms with Crippen LogP contribution >= 0.6 is 11.6 Å². The van der Waals surface area contributed by atoms with Crippen molar-refractivity contribution in [3.05, 3.63) is 29.3 Å². The second-order valence-corrected chi connectivity index (χ2v) is 7.56. The molecule has 2 fully saturated rings. The van der Waals surface area contributed by atoms with Crippen LogP contribution in [0, 0.1) is 5.92 Å². The molecule has 7 nitrogen and oxygen atoms in total. The third-order valence-electron chi connectivity index (χ3n) is 4.93. The zero-order chi connectivity index (χ0) is 19.2. The Kier molecular flexibility index (Phi) is 6.93. The molecule has 1 aromatic rings. The van der Waals surface area contributed by atoms with E-state index in [0.29, 0.717) is 23.7 Å². The number of urea groups is 1. The highest BCUT2D eigenvalue weighted by Gasteiger charge is 2.36. The van der Waals surface area contributed by atoms with Crippen molar-refractivity contribution in [3.8, 4) is 0 Å². The maximum Gasteiger partial charge on any atom is 0.319 e. The molecule has 3 amide bonds. The highest BCUT2D eigenvalue weighted by Crippen LogP contribution is 2.30. The Morgan fingerprint density at radius 1 is 1.15 bits per heavy atom. The second-order valence-electron chi connectivity index (χ2n) is 7.12. The standard InChI is InChI=1S/C19H26ClN3O4/c20-13-3-5-14(6-4-13)22-19(26)21-10-9-15-7-8-16(17(11-24)27-15)23-18(25)12-1-2-12/h3-6,12,15-17,24H,1-2,7-11H2,(H,23,25)(H2,21,22,26)/t15-,16-,17+/m1/s1. The first kappa shape index (κ1) is 19.9. The number of halogens is 1. The van der Waals surface area contributed by atoms with Crippen LogP contribution in [0.5, 0.6) is 0 Å². The largest absolute Gasteiger partial charge is 0.394 e. The Labute approximate surface area is 163 Å². The van der Waals surface area contributed by atoms with Crippen molar-refractivity contribution in [2.24, 2.45) is 5.92 Å². The van der Waals surface area contributed by atoms with Gasteiger partial charge in [-0.25, -0.2) is 4.79 Å². The average Bonchev–Trinajstić information content (AvgIpc) is 3.50. The number of aliphatic hydroxyl groups excluding tert-OH is 1. The van der Waals surface area contributed by atoms with Crippen LogP contribution in [-0.4, -0.2) is 48.4 Å². The number of ether oxygens (including phenoxy) is 1. The molecular weight excluding hydrogens is 370 g/mol. The van der Waals surface area contributed by atoms with E-state index in [1.54, 1.807) is 24.3 Å². The fourth-order valence-electron chi connectivity index (χ4n) is 3.21. The monoisotopic (exact) mass is 395 g/mol. The molecule has 1 aliphatic carbocycles. The maximum atomic E-state index is 11.9. The highest BCUT2D eigenvalue weighted by atomic mass is 35.5. The summed E-state index contributed by atoms with van der Waals surface area (Å²) in [7, 11) is 0. The van der Waals surface area contributed by atoms with Crippen molar-refractivity contribution >= 4 is 29.2 Å². The van der Waals surface area contributed by atoms with Gasteiger partial charge in [-0.2, -0.15) is 0 Å². The molecule has 1 heterocycles. The molecule has 2 aliphatic rings. The summed E-state index contributed by atoms with van der Waals surface area (Å²) in [6, 6.07) is 6.45. The van der Waals surface area contributed by atoms with Crippen molar-refractivity contribution in [3.63, 3.8) is 0 Å². The van der Waals surface area contributed by atoms with Gasteiger partial charge in [-0.3, -0.25) is 4.79 Å². The van der Waals surface area contributed by atoms with Gasteiger partial charge in [0.25, 0.3) is 0 Å². The van der Waals surface area contributed by atoms with Gasteiger partial charge in [0.05, 0.1) is 18.8 Å². The molecule has 0 radical (unpaired) electrons. The van der Waals surface area contributed by atoms with Gasteiger partial charge in [0.2, 0.25) is 5.91 Å². The predicted octanol–water partition coefficient (Wildman–Crippen LogP) is 2.29. The van der Waals surface area contributed by atoms with Crippen molar-refractivity contribution in [2.75, 3.05) is 18.5 Å². The first-order chi connectivity index (χ1) is 13.0. The average molecular weight is 396 g/mol. The van der Waals surface area contributed by atoms with Crippen molar-refractivity contribution in [1.82, 2.24) is 10.6 Å². The molecule has 1 aliphatic heterocycles.